The Bertz CT molecular complexity index is 466. The highest BCUT2D eigenvalue weighted by Crippen LogP contribution is 2.11. The Hall–Kier alpha value is -2.02. The SMILES string of the molecule is C=CCn1c(O)cc(C)c(C#N)c1=O. The van der Waals surface area contributed by atoms with Crippen molar-refractivity contribution in [3.8, 4) is 11.9 Å². The number of rotatable bonds is 2. The van der Waals surface area contributed by atoms with Crippen LogP contribution in [0, 0.1) is 18.3 Å². The highest BCUT2D eigenvalue weighted by atomic mass is 16.3. The van der Waals surface area contributed by atoms with Crippen LogP contribution in [0.1, 0.15) is 11.1 Å². The van der Waals surface area contributed by atoms with Crippen molar-refractivity contribution >= 4 is 0 Å². The molecule has 0 bridgehead atoms. The third-order valence-electron chi connectivity index (χ3n) is 1.90. The van der Waals surface area contributed by atoms with E-state index in [1.165, 1.54) is 12.1 Å². The van der Waals surface area contributed by atoms with Gasteiger partial charge in [0.25, 0.3) is 5.56 Å². The van der Waals surface area contributed by atoms with Crippen LogP contribution >= 0.6 is 0 Å². The highest BCUT2D eigenvalue weighted by molar-refractivity contribution is 5.37. The molecule has 0 fully saturated rings. The molecule has 0 saturated carbocycles. The molecule has 4 nitrogen and oxygen atoms in total. The van der Waals surface area contributed by atoms with E-state index in [9.17, 15) is 9.90 Å². The summed E-state index contributed by atoms with van der Waals surface area (Å²) < 4.78 is 1.10. The Kier molecular flexibility index (Phi) is 2.73. The molecular weight excluding hydrogens is 180 g/mol. The standard InChI is InChI=1S/C10H10N2O2/c1-3-4-12-9(13)5-7(2)8(6-11)10(12)14/h3,5,13H,1,4H2,2H3. The van der Waals surface area contributed by atoms with Crippen molar-refractivity contribution in [1.82, 2.24) is 4.57 Å². The second kappa shape index (κ2) is 3.79. The molecule has 0 aromatic carbocycles. The molecular formula is C10H10N2O2. The number of allylic oxidation sites excluding steroid dienone is 1. The molecule has 0 aliphatic heterocycles. The molecule has 1 heterocycles. The molecule has 1 aromatic heterocycles. The maximum absolute atomic E-state index is 11.6. The summed E-state index contributed by atoms with van der Waals surface area (Å²) in [5, 5.41) is 18.1. The molecule has 0 radical (unpaired) electrons. The Morgan fingerprint density at radius 3 is 2.93 bits per heavy atom. The van der Waals surface area contributed by atoms with Gasteiger partial charge in [-0.05, 0) is 12.5 Å². The van der Waals surface area contributed by atoms with Crippen LogP contribution in [-0.4, -0.2) is 9.67 Å². The lowest BCUT2D eigenvalue weighted by atomic mass is 10.1. The summed E-state index contributed by atoms with van der Waals surface area (Å²) in [6.45, 7) is 5.27. The number of aromatic nitrogens is 1. The Morgan fingerprint density at radius 2 is 2.43 bits per heavy atom. The highest BCUT2D eigenvalue weighted by Gasteiger charge is 2.09. The summed E-state index contributed by atoms with van der Waals surface area (Å²) in [6, 6.07) is 3.20. The van der Waals surface area contributed by atoms with Crippen LogP contribution in [0.4, 0.5) is 0 Å². The van der Waals surface area contributed by atoms with Crippen LogP contribution < -0.4 is 5.56 Å². The van der Waals surface area contributed by atoms with Crippen LogP contribution in [0.3, 0.4) is 0 Å². The summed E-state index contributed by atoms with van der Waals surface area (Å²) in [4.78, 5) is 11.6. The van der Waals surface area contributed by atoms with Crippen molar-refractivity contribution in [3.63, 3.8) is 0 Å². The smallest absolute Gasteiger partial charge is 0.271 e. The van der Waals surface area contributed by atoms with E-state index < -0.39 is 5.56 Å². The van der Waals surface area contributed by atoms with Gasteiger partial charge < -0.3 is 5.11 Å². The average molecular weight is 190 g/mol. The zero-order valence-electron chi connectivity index (χ0n) is 7.82. The monoisotopic (exact) mass is 190 g/mol. The molecule has 14 heavy (non-hydrogen) atoms. The second-order valence-electron chi connectivity index (χ2n) is 2.88. The summed E-state index contributed by atoms with van der Waals surface area (Å²) in [7, 11) is 0. The van der Waals surface area contributed by atoms with Gasteiger partial charge in [0.15, 0.2) is 5.88 Å². The average Bonchev–Trinajstić information content (AvgIpc) is 2.12. The molecule has 1 aromatic rings. The van der Waals surface area contributed by atoms with E-state index in [0.29, 0.717) is 5.56 Å². The number of nitrogens with zero attached hydrogens (tertiary/aromatic N) is 2. The lowest BCUT2D eigenvalue weighted by Gasteiger charge is -2.07. The lowest BCUT2D eigenvalue weighted by Crippen LogP contribution is -2.22. The molecule has 0 aliphatic carbocycles. The molecule has 0 unspecified atom stereocenters. The molecule has 1 rings (SSSR count). The summed E-state index contributed by atoms with van der Waals surface area (Å²) in [5.74, 6) is -0.147. The van der Waals surface area contributed by atoms with Gasteiger partial charge in [-0.1, -0.05) is 6.08 Å². The van der Waals surface area contributed by atoms with Gasteiger partial charge >= 0.3 is 0 Å². The van der Waals surface area contributed by atoms with Crippen molar-refractivity contribution in [2.45, 2.75) is 13.5 Å². The minimum atomic E-state index is -0.482. The van der Waals surface area contributed by atoms with Gasteiger partial charge in [0.2, 0.25) is 0 Å². The third-order valence-corrected chi connectivity index (χ3v) is 1.90. The lowest BCUT2D eigenvalue weighted by molar-refractivity contribution is 0.415. The minimum absolute atomic E-state index is 0.0599. The second-order valence-corrected chi connectivity index (χ2v) is 2.88. The number of aromatic hydroxyl groups is 1. The Labute approximate surface area is 81.3 Å². The van der Waals surface area contributed by atoms with Gasteiger partial charge in [0.1, 0.15) is 11.6 Å². The van der Waals surface area contributed by atoms with E-state index in [2.05, 4.69) is 6.58 Å². The van der Waals surface area contributed by atoms with E-state index in [1.54, 1.807) is 6.92 Å². The van der Waals surface area contributed by atoms with Gasteiger partial charge in [-0.15, -0.1) is 6.58 Å². The van der Waals surface area contributed by atoms with Crippen LogP contribution in [-0.2, 0) is 6.54 Å². The zero-order chi connectivity index (χ0) is 10.7. The van der Waals surface area contributed by atoms with E-state index in [0.717, 1.165) is 4.57 Å². The summed E-state index contributed by atoms with van der Waals surface area (Å²) >= 11 is 0. The van der Waals surface area contributed by atoms with Crippen LogP contribution in [0.5, 0.6) is 5.88 Å². The predicted molar refractivity (Wildman–Crippen MR) is 52.0 cm³/mol. The number of nitriles is 1. The van der Waals surface area contributed by atoms with Crippen molar-refractivity contribution in [1.29, 1.82) is 5.26 Å². The van der Waals surface area contributed by atoms with Gasteiger partial charge in [0.05, 0.1) is 0 Å². The van der Waals surface area contributed by atoms with Crippen LogP contribution in [0.25, 0.3) is 0 Å². The normalized spacial score (nSPS) is 9.43. The van der Waals surface area contributed by atoms with E-state index in [1.807, 2.05) is 6.07 Å². The van der Waals surface area contributed by atoms with Crippen LogP contribution in [0.15, 0.2) is 23.5 Å². The Morgan fingerprint density at radius 1 is 1.79 bits per heavy atom. The summed E-state index contributed by atoms with van der Waals surface area (Å²) in [6.07, 6.45) is 1.48. The Balaban J connectivity index is 3.54. The van der Waals surface area contributed by atoms with E-state index >= 15 is 0 Å². The first-order chi connectivity index (χ1) is 6.61. The number of hydrogen-bond acceptors (Lipinski definition) is 3. The minimum Gasteiger partial charge on any atom is -0.494 e. The molecule has 0 saturated heterocycles. The number of aryl methyl sites for hydroxylation is 1. The zero-order valence-corrected chi connectivity index (χ0v) is 7.82. The third kappa shape index (κ3) is 1.52. The fraction of sp³-hybridized carbons (Fsp3) is 0.200. The number of hydrogen-bond donors (Lipinski definition) is 1. The maximum Gasteiger partial charge on any atom is 0.271 e. The fourth-order valence-corrected chi connectivity index (χ4v) is 1.19. The number of pyridine rings is 1. The van der Waals surface area contributed by atoms with E-state index in [-0.39, 0.29) is 18.0 Å². The van der Waals surface area contributed by atoms with E-state index in [4.69, 9.17) is 5.26 Å². The van der Waals surface area contributed by atoms with Crippen molar-refractivity contribution < 1.29 is 5.11 Å². The predicted octanol–water partition coefficient (Wildman–Crippen LogP) is 0.920. The molecule has 1 N–H and O–H groups in total. The first kappa shape index (κ1) is 10.1. The van der Waals surface area contributed by atoms with Gasteiger partial charge in [-0.3, -0.25) is 9.36 Å². The largest absolute Gasteiger partial charge is 0.494 e. The molecule has 0 atom stereocenters. The quantitative estimate of drug-likeness (QED) is 0.705. The first-order valence-electron chi connectivity index (χ1n) is 4.06. The van der Waals surface area contributed by atoms with Gasteiger partial charge in [-0.2, -0.15) is 5.26 Å². The molecule has 0 spiro atoms. The fourth-order valence-electron chi connectivity index (χ4n) is 1.19. The van der Waals surface area contributed by atoms with Crippen LogP contribution in [0.2, 0.25) is 0 Å². The van der Waals surface area contributed by atoms with Gasteiger partial charge in [0, 0.05) is 12.6 Å². The molecule has 4 heteroatoms. The van der Waals surface area contributed by atoms with Crippen molar-refractivity contribution in [2.24, 2.45) is 0 Å². The van der Waals surface area contributed by atoms with Crippen molar-refractivity contribution in [2.75, 3.05) is 0 Å². The maximum atomic E-state index is 11.6. The summed E-state index contributed by atoms with van der Waals surface area (Å²) in [5.41, 5.74) is 0.0601. The molecule has 0 amide bonds. The molecule has 0 aliphatic rings. The first-order valence-corrected chi connectivity index (χ1v) is 4.06. The van der Waals surface area contributed by atoms with Crippen molar-refractivity contribution in [3.05, 3.63) is 40.2 Å². The van der Waals surface area contributed by atoms with Gasteiger partial charge in [-0.25, -0.2) is 0 Å². The molecule has 72 valence electrons. The topological polar surface area (TPSA) is 66.0 Å².